The van der Waals surface area contributed by atoms with Gasteiger partial charge in [-0.15, -0.1) is 11.3 Å². The van der Waals surface area contributed by atoms with Crippen LogP contribution < -0.4 is 5.32 Å². The highest BCUT2D eigenvalue weighted by Crippen LogP contribution is 2.29. The van der Waals surface area contributed by atoms with Crippen molar-refractivity contribution in [2.75, 3.05) is 26.2 Å². The number of hydrogen-bond donors (Lipinski definition) is 1. The lowest BCUT2D eigenvalue weighted by molar-refractivity contribution is -0.161. The number of aromatic nitrogens is 1. The van der Waals surface area contributed by atoms with E-state index in [0.29, 0.717) is 16.0 Å². The van der Waals surface area contributed by atoms with E-state index in [2.05, 4.69) is 19.9 Å². The number of thiophene rings is 1. The SMILES string of the molecule is O=C(N[C@H]1CN2CCC1CC2)c1cc2sc(C(=O)OCC(F)(F)F)cc2cn1. The molecule has 0 saturated carbocycles. The van der Waals surface area contributed by atoms with E-state index in [1.807, 2.05) is 0 Å². The van der Waals surface area contributed by atoms with Crippen molar-refractivity contribution in [3.8, 4) is 0 Å². The van der Waals surface area contributed by atoms with Gasteiger partial charge in [-0.3, -0.25) is 9.78 Å². The van der Waals surface area contributed by atoms with E-state index in [-0.39, 0.29) is 22.5 Å². The van der Waals surface area contributed by atoms with Crippen LogP contribution in [0, 0.1) is 5.92 Å². The number of hydrogen-bond acceptors (Lipinski definition) is 6. The molecule has 1 amide bonds. The molecule has 6 nitrogen and oxygen atoms in total. The molecule has 2 aromatic rings. The lowest BCUT2D eigenvalue weighted by Crippen LogP contribution is -2.57. The van der Waals surface area contributed by atoms with Crippen LogP contribution in [-0.4, -0.2) is 60.2 Å². The van der Waals surface area contributed by atoms with E-state index in [1.165, 1.54) is 12.3 Å². The quantitative estimate of drug-likeness (QED) is 0.781. The Balaban J connectivity index is 1.45. The summed E-state index contributed by atoms with van der Waals surface area (Å²) in [5.74, 6) is -0.846. The second kappa shape index (κ2) is 7.32. The standard InChI is InChI=1S/C18H18F3N3O3S/c19-18(20,21)9-27-17(26)15-5-11-7-22-12(6-14(11)28-15)16(25)23-13-8-24-3-1-10(13)2-4-24/h5-7,10,13H,1-4,8-9H2,(H,23,25)/t13-/m0/s1. The summed E-state index contributed by atoms with van der Waals surface area (Å²) in [6, 6.07) is 3.07. The highest BCUT2D eigenvalue weighted by molar-refractivity contribution is 7.20. The van der Waals surface area contributed by atoms with Gasteiger partial charge in [0.1, 0.15) is 10.6 Å². The first-order chi connectivity index (χ1) is 13.3. The van der Waals surface area contributed by atoms with Gasteiger partial charge in [0.05, 0.1) is 0 Å². The van der Waals surface area contributed by atoms with Crippen molar-refractivity contribution >= 4 is 33.3 Å². The van der Waals surface area contributed by atoms with Crippen molar-refractivity contribution in [3.05, 3.63) is 28.9 Å². The third-order valence-corrected chi connectivity index (χ3v) is 6.25. The molecule has 0 aliphatic carbocycles. The fraction of sp³-hybridized carbons (Fsp3) is 0.500. The summed E-state index contributed by atoms with van der Waals surface area (Å²) in [6.07, 6.45) is -0.983. The smallest absolute Gasteiger partial charge is 0.422 e. The molecule has 1 N–H and O–H groups in total. The van der Waals surface area contributed by atoms with Gasteiger partial charge in [-0.1, -0.05) is 0 Å². The summed E-state index contributed by atoms with van der Waals surface area (Å²) in [5.41, 5.74) is 0.223. The molecule has 5 heterocycles. The number of amides is 1. The molecule has 0 aromatic carbocycles. The number of halogens is 3. The third kappa shape index (κ3) is 4.12. The van der Waals surface area contributed by atoms with Gasteiger partial charge in [-0.05, 0) is 44.0 Å². The Bertz CT molecular complexity index is 906. The van der Waals surface area contributed by atoms with Crippen LogP contribution in [0.1, 0.15) is 33.0 Å². The number of pyridine rings is 1. The number of ether oxygens (including phenoxy) is 1. The first kappa shape index (κ1) is 19.1. The van der Waals surface area contributed by atoms with Gasteiger partial charge >= 0.3 is 12.1 Å². The number of rotatable bonds is 4. The number of fused-ring (bicyclic) bond motifs is 4. The third-order valence-electron chi connectivity index (χ3n) is 5.17. The molecule has 2 bridgehead atoms. The minimum absolute atomic E-state index is 0.0380. The Morgan fingerprint density at radius 1 is 1.29 bits per heavy atom. The Morgan fingerprint density at radius 2 is 2.04 bits per heavy atom. The van der Waals surface area contributed by atoms with E-state index in [9.17, 15) is 22.8 Å². The van der Waals surface area contributed by atoms with Crippen LogP contribution in [-0.2, 0) is 4.74 Å². The molecular weight excluding hydrogens is 395 g/mol. The summed E-state index contributed by atoms with van der Waals surface area (Å²) in [4.78, 5) is 30.9. The molecule has 0 unspecified atom stereocenters. The summed E-state index contributed by atoms with van der Waals surface area (Å²) in [5, 5.41) is 3.62. The van der Waals surface area contributed by atoms with Gasteiger partial charge in [0.25, 0.3) is 5.91 Å². The van der Waals surface area contributed by atoms with Gasteiger partial charge in [-0.25, -0.2) is 4.79 Å². The van der Waals surface area contributed by atoms with Crippen molar-refractivity contribution in [1.82, 2.24) is 15.2 Å². The van der Waals surface area contributed by atoms with Crippen LogP contribution in [0.25, 0.3) is 10.1 Å². The van der Waals surface area contributed by atoms with Crippen LogP contribution in [0.3, 0.4) is 0 Å². The van der Waals surface area contributed by atoms with Gasteiger partial charge < -0.3 is 15.0 Å². The zero-order chi connectivity index (χ0) is 19.9. The normalized spacial score (nSPS) is 24.3. The minimum Gasteiger partial charge on any atom is -0.452 e. The minimum atomic E-state index is -4.58. The first-order valence-corrected chi connectivity index (χ1v) is 9.77. The van der Waals surface area contributed by atoms with Crippen LogP contribution >= 0.6 is 11.3 Å². The van der Waals surface area contributed by atoms with Crippen molar-refractivity contribution in [1.29, 1.82) is 0 Å². The van der Waals surface area contributed by atoms with Crippen LogP contribution in [0.5, 0.6) is 0 Å². The lowest BCUT2D eigenvalue weighted by atomic mass is 9.84. The molecule has 28 heavy (non-hydrogen) atoms. The fourth-order valence-corrected chi connectivity index (χ4v) is 4.71. The lowest BCUT2D eigenvalue weighted by Gasteiger charge is -2.44. The Hall–Kier alpha value is -2.20. The van der Waals surface area contributed by atoms with E-state index in [4.69, 9.17) is 0 Å². The number of piperidine rings is 3. The van der Waals surface area contributed by atoms with E-state index in [1.54, 1.807) is 6.07 Å². The van der Waals surface area contributed by atoms with Crippen LogP contribution in [0.4, 0.5) is 13.2 Å². The van der Waals surface area contributed by atoms with Gasteiger partial charge in [-0.2, -0.15) is 13.2 Å². The molecule has 1 atom stereocenters. The van der Waals surface area contributed by atoms with Crippen molar-refractivity contribution in [2.24, 2.45) is 5.92 Å². The van der Waals surface area contributed by atoms with E-state index >= 15 is 0 Å². The monoisotopic (exact) mass is 413 g/mol. The van der Waals surface area contributed by atoms with Gasteiger partial charge in [0.2, 0.25) is 0 Å². The highest BCUT2D eigenvalue weighted by Gasteiger charge is 2.35. The number of nitrogens with zero attached hydrogens (tertiary/aromatic N) is 2. The fourth-order valence-electron chi connectivity index (χ4n) is 3.75. The predicted octanol–water partition coefficient (Wildman–Crippen LogP) is 2.84. The Labute approximate surface area is 162 Å². The summed E-state index contributed by atoms with van der Waals surface area (Å²) in [7, 11) is 0. The number of alkyl halides is 3. The zero-order valence-electron chi connectivity index (χ0n) is 14.8. The topological polar surface area (TPSA) is 71.5 Å². The van der Waals surface area contributed by atoms with Crippen molar-refractivity contribution < 1.29 is 27.5 Å². The Kier molecular flexibility index (Phi) is 5.00. The largest absolute Gasteiger partial charge is 0.452 e. The summed E-state index contributed by atoms with van der Waals surface area (Å²) in [6.45, 7) is 1.35. The van der Waals surface area contributed by atoms with E-state index in [0.717, 1.165) is 43.8 Å². The van der Waals surface area contributed by atoms with E-state index < -0.39 is 18.8 Å². The molecule has 5 rings (SSSR count). The average molecular weight is 413 g/mol. The molecular formula is C18H18F3N3O3S. The molecule has 0 radical (unpaired) electrons. The number of carbonyl (C=O) groups is 2. The van der Waals surface area contributed by atoms with Gasteiger partial charge in [0.15, 0.2) is 6.61 Å². The summed E-state index contributed by atoms with van der Waals surface area (Å²) < 4.78 is 41.4. The maximum atomic E-state index is 12.6. The maximum absolute atomic E-state index is 12.6. The molecule has 2 aromatic heterocycles. The zero-order valence-corrected chi connectivity index (χ0v) is 15.6. The number of nitrogens with one attached hydrogen (secondary N) is 1. The van der Waals surface area contributed by atoms with Crippen molar-refractivity contribution in [2.45, 2.75) is 25.1 Å². The molecule has 3 aliphatic heterocycles. The van der Waals surface area contributed by atoms with Crippen LogP contribution in [0.2, 0.25) is 0 Å². The van der Waals surface area contributed by atoms with Gasteiger partial charge in [0, 0.05) is 28.9 Å². The second-order valence-electron chi connectivity index (χ2n) is 7.13. The number of carbonyl (C=O) groups excluding carboxylic acids is 2. The van der Waals surface area contributed by atoms with Crippen molar-refractivity contribution in [3.63, 3.8) is 0 Å². The Morgan fingerprint density at radius 3 is 2.68 bits per heavy atom. The maximum Gasteiger partial charge on any atom is 0.422 e. The molecule has 150 valence electrons. The molecule has 3 aliphatic rings. The number of esters is 1. The molecule has 10 heteroatoms. The molecule has 3 saturated heterocycles. The summed E-state index contributed by atoms with van der Waals surface area (Å²) >= 11 is 0.976. The first-order valence-electron chi connectivity index (χ1n) is 8.95. The predicted molar refractivity (Wildman–Crippen MR) is 96.4 cm³/mol. The average Bonchev–Trinajstić information content (AvgIpc) is 3.10. The van der Waals surface area contributed by atoms with Crippen LogP contribution in [0.15, 0.2) is 18.3 Å². The second-order valence-corrected chi connectivity index (χ2v) is 8.21. The molecule has 0 spiro atoms. The molecule has 3 fully saturated rings. The highest BCUT2D eigenvalue weighted by atomic mass is 32.1.